The van der Waals surface area contributed by atoms with Crippen molar-refractivity contribution in [1.82, 2.24) is 4.57 Å². The summed E-state index contributed by atoms with van der Waals surface area (Å²) in [4.78, 5) is 23.6. The minimum atomic E-state index is -0.616. The molecule has 1 heterocycles. The Hall–Kier alpha value is -2.10. The van der Waals surface area contributed by atoms with Gasteiger partial charge in [0.05, 0.1) is 5.69 Å². The van der Waals surface area contributed by atoms with Gasteiger partial charge in [0.2, 0.25) is 5.91 Å². The van der Waals surface area contributed by atoms with Crippen LogP contribution in [0.1, 0.15) is 31.0 Å². The van der Waals surface area contributed by atoms with Gasteiger partial charge in [-0.1, -0.05) is 43.7 Å². The summed E-state index contributed by atoms with van der Waals surface area (Å²) in [6, 6.07) is 9.27. The van der Waals surface area contributed by atoms with E-state index in [1.165, 1.54) is 6.26 Å². The predicted molar refractivity (Wildman–Crippen MR) is 68.6 cm³/mol. The van der Waals surface area contributed by atoms with Gasteiger partial charge < -0.3 is 4.42 Å². The Morgan fingerprint density at radius 1 is 1.28 bits per heavy atom. The van der Waals surface area contributed by atoms with Gasteiger partial charge in [0.15, 0.2) is 0 Å². The summed E-state index contributed by atoms with van der Waals surface area (Å²) in [5, 5.41) is 0. The number of rotatable bonds is 4. The minimum Gasteiger partial charge on any atom is -0.415 e. The van der Waals surface area contributed by atoms with Crippen molar-refractivity contribution in [3.05, 3.63) is 47.1 Å². The molecule has 0 saturated carbocycles. The molecule has 0 amide bonds. The Morgan fingerprint density at radius 3 is 2.67 bits per heavy atom. The first-order valence-corrected chi connectivity index (χ1v) is 6.03. The third kappa shape index (κ3) is 2.42. The summed E-state index contributed by atoms with van der Waals surface area (Å²) >= 11 is 0. The molecular weight excluding hydrogens is 230 g/mol. The molecule has 0 bridgehead atoms. The molecule has 0 saturated heterocycles. The van der Waals surface area contributed by atoms with Crippen LogP contribution in [0.4, 0.5) is 0 Å². The summed E-state index contributed by atoms with van der Waals surface area (Å²) < 4.78 is 5.95. The lowest BCUT2D eigenvalue weighted by atomic mass is 10.1. The highest BCUT2D eigenvalue weighted by atomic mass is 16.4. The lowest BCUT2D eigenvalue weighted by Crippen LogP contribution is -2.23. The first-order valence-electron chi connectivity index (χ1n) is 6.03. The van der Waals surface area contributed by atoms with Crippen molar-refractivity contribution in [3.8, 4) is 11.3 Å². The normalized spacial score (nSPS) is 10.5. The van der Waals surface area contributed by atoms with Gasteiger partial charge in [-0.15, -0.1) is 0 Å². The zero-order valence-corrected chi connectivity index (χ0v) is 10.3. The number of hydrogen-bond donors (Lipinski definition) is 0. The zero-order valence-electron chi connectivity index (χ0n) is 10.3. The summed E-state index contributed by atoms with van der Waals surface area (Å²) in [6.07, 6.45) is 3.38. The summed E-state index contributed by atoms with van der Waals surface area (Å²) in [5.41, 5.74) is 1.31. The molecule has 2 rings (SSSR count). The quantitative estimate of drug-likeness (QED) is 0.832. The molecule has 0 aliphatic heterocycles. The highest BCUT2D eigenvalue weighted by molar-refractivity contribution is 5.83. The molecule has 94 valence electrons. The fourth-order valence-corrected chi connectivity index (χ4v) is 1.79. The summed E-state index contributed by atoms with van der Waals surface area (Å²) in [7, 11) is 0. The van der Waals surface area contributed by atoms with E-state index in [1.54, 1.807) is 0 Å². The van der Waals surface area contributed by atoms with Crippen molar-refractivity contribution < 1.29 is 9.21 Å². The van der Waals surface area contributed by atoms with E-state index in [0.717, 1.165) is 23.0 Å². The first kappa shape index (κ1) is 12.4. The Labute approximate surface area is 105 Å². The van der Waals surface area contributed by atoms with Gasteiger partial charge in [0.1, 0.15) is 6.26 Å². The molecule has 4 nitrogen and oxygen atoms in total. The molecule has 0 unspecified atom stereocenters. The van der Waals surface area contributed by atoms with Gasteiger partial charge in [0.25, 0.3) is 0 Å². The number of carbonyl (C=O) groups is 1. The zero-order chi connectivity index (χ0) is 13.0. The van der Waals surface area contributed by atoms with Crippen molar-refractivity contribution in [2.45, 2.75) is 26.2 Å². The number of aromatic nitrogens is 1. The van der Waals surface area contributed by atoms with E-state index in [2.05, 4.69) is 0 Å². The van der Waals surface area contributed by atoms with E-state index in [1.807, 2.05) is 37.3 Å². The molecule has 1 aromatic carbocycles. The molecule has 0 radical (unpaired) electrons. The van der Waals surface area contributed by atoms with Gasteiger partial charge in [-0.2, -0.15) is 0 Å². The lowest BCUT2D eigenvalue weighted by Gasteiger charge is -2.04. The van der Waals surface area contributed by atoms with Crippen molar-refractivity contribution in [2.24, 2.45) is 0 Å². The van der Waals surface area contributed by atoms with Crippen LogP contribution >= 0.6 is 0 Å². The van der Waals surface area contributed by atoms with Crippen LogP contribution in [0.15, 0.2) is 45.8 Å². The van der Waals surface area contributed by atoms with Crippen molar-refractivity contribution in [2.75, 3.05) is 0 Å². The topological polar surface area (TPSA) is 52.2 Å². The highest BCUT2D eigenvalue weighted by Crippen LogP contribution is 2.18. The second-order valence-electron chi connectivity index (χ2n) is 4.09. The maximum Gasteiger partial charge on any atom is 0.426 e. The third-order valence-corrected chi connectivity index (χ3v) is 2.76. The van der Waals surface area contributed by atoms with E-state index in [0.29, 0.717) is 12.1 Å². The first-order chi connectivity index (χ1) is 8.74. The van der Waals surface area contributed by atoms with Crippen LogP contribution in [0.25, 0.3) is 11.3 Å². The summed E-state index contributed by atoms with van der Waals surface area (Å²) in [5.74, 6) is -0.829. The second-order valence-corrected chi connectivity index (χ2v) is 4.09. The van der Waals surface area contributed by atoms with Crippen LogP contribution in [0.3, 0.4) is 0 Å². The standard InChI is InChI=1S/C14H15NO3/c1-2-3-9-13(16)15-12(10-18-14(15)17)11-7-5-4-6-8-11/h4-8,10H,2-3,9H2,1H3. The maximum atomic E-state index is 12.0. The largest absolute Gasteiger partial charge is 0.426 e. The van der Waals surface area contributed by atoms with Crippen LogP contribution in [0.2, 0.25) is 0 Å². The van der Waals surface area contributed by atoms with Crippen molar-refractivity contribution in [3.63, 3.8) is 0 Å². The average Bonchev–Trinajstić information content (AvgIpc) is 2.79. The Balaban J connectivity index is 2.39. The molecule has 0 atom stereocenters. The Morgan fingerprint density at radius 2 is 2.00 bits per heavy atom. The van der Waals surface area contributed by atoms with E-state index in [-0.39, 0.29) is 5.91 Å². The molecule has 1 aromatic heterocycles. The number of oxazole rings is 1. The minimum absolute atomic E-state index is 0.213. The van der Waals surface area contributed by atoms with Crippen LogP contribution in [-0.2, 0) is 0 Å². The molecule has 18 heavy (non-hydrogen) atoms. The van der Waals surface area contributed by atoms with Crippen LogP contribution < -0.4 is 5.76 Å². The third-order valence-electron chi connectivity index (χ3n) is 2.76. The molecule has 0 fully saturated rings. The fourth-order valence-electron chi connectivity index (χ4n) is 1.79. The number of benzene rings is 1. The predicted octanol–water partition coefficient (Wildman–Crippen LogP) is 2.94. The SMILES string of the molecule is CCCCC(=O)n1c(-c2ccccc2)coc1=O. The molecule has 2 aromatic rings. The Kier molecular flexibility index (Phi) is 3.77. The van der Waals surface area contributed by atoms with Gasteiger partial charge in [-0.05, 0) is 6.42 Å². The van der Waals surface area contributed by atoms with E-state index < -0.39 is 5.76 Å². The molecule has 0 aliphatic rings. The molecular formula is C14H15NO3. The monoisotopic (exact) mass is 245 g/mol. The van der Waals surface area contributed by atoms with Crippen LogP contribution in [0, 0.1) is 0 Å². The fraction of sp³-hybridized carbons (Fsp3) is 0.286. The molecule has 0 aliphatic carbocycles. The van der Waals surface area contributed by atoms with Gasteiger partial charge in [-0.3, -0.25) is 4.79 Å². The van der Waals surface area contributed by atoms with Crippen LogP contribution in [-0.4, -0.2) is 10.5 Å². The van der Waals surface area contributed by atoms with Crippen molar-refractivity contribution >= 4 is 5.91 Å². The van der Waals surface area contributed by atoms with Gasteiger partial charge >= 0.3 is 5.76 Å². The summed E-state index contributed by atoms with van der Waals surface area (Å²) in [6.45, 7) is 2.00. The molecule has 4 heteroatoms. The number of hydrogen-bond acceptors (Lipinski definition) is 3. The van der Waals surface area contributed by atoms with Gasteiger partial charge in [-0.25, -0.2) is 9.36 Å². The van der Waals surface area contributed by atoms with E-state index in [9.17, 15) is 9.59 Å². The number of carbonyl (C=O) groups excluding carboxylic acids is 1. The maximum absolute atomic E-state index is 12.0. The van der Waals surface area contributed by atoms with E-state index in [4.69, 9.17) is 4.42 Å². The highest BCUT2D eigenvalue weighted by Gasteiger charge is 2.16. The molecule has 0 spiro atoms. The smallest absolute Gasteiger partial charge is 0.415 e. The van der Waals surface area contributed by atoms with Gasteiger partial charge in [0, 0.05) is 12.0 Å². The lowest BCUT2D eigenvalue weighted by molar-refractivity contribution is 0.0893. The molecule has 0 N–H and O–H groups in total. The van der Waals surface area contributed by atoms with Crippen LogP contribution in [0.5, 0.6) is 0 Å². The van der Waals surface area contributed by atoms with E-state index >= 15 is 0 Å². The number of unbranched alkanes of at least 4 members (excludes halogenated alkanes) is 1. The number of nitrogens with zero attached hydrogens (tertiary/aromatic N) is 1. The second kappa shape index (κ2) is 5.49. The van der Waals surface area contributed by atoms with Crippen molar-refractivity contribution in [1.29, 1.82) is 0 Å². The Bertz CT molecular complexity index is 581. The average molecular weight is 245 g/mol.